The number of imide groups is 1. The third-order valence-electron chi connectivity index (χ3n) is 11.2. The van der Waals surface area contributed by atoms with E-state index in [9.17, 15) is 42.8 Å². The maximum atomic E-state index is 15.1. The molecule has 1 saturated heterocycles. The van der Waals surface area contributed by atoms with Crippen LogP contribution in [0.15, 0.2) is 121 Å². The van der Waals surface area contributed by atoms with Gasteiger partial charge in [-0.25, -0.2) is 0 Å². The number of hydrogen-bond donors (Lipinski definition) is 1. The SMILES string of the molecule is O=C1C(c2ccccc2)=CC(=O)C2(c3ccccc3)C1CC1C(=CCC3C(=O)N(c4ccc([N+](=O)[O-])cc4)C(=O)C31)C2c1cc(OC(F)(F)F)ccc1O. The molecule has 6 atom stereocenters. The number of anilines is 1. The number of nitro benzene ring substituents is 1. The summed E-state index contributed by atoms with van der Waals surface area (Å²) >= 11 is 0. The van der Waals surface area contributed by atoms with Crippen molar-refractivity contribution in [3.63, 3.8) is 0 Å². The molecular weight excluding hydrogens is 705 g/mol. The van der Waals surface area contributed by atoms with Crippen molar-refractivity contribution in [3.05, 3.63) is 148 Å². The summed E-state index contributed by atoms with van der Waals surface area (Å²) in [6.07, 6.45) is -2.22. The third kappa shape index (κ3) is 5.33. The summed E-state index contributed by atoms with van der Waals surface area (Å²) in [4.78, 5) is 70.2. The molecule has 4 aliphatic rings. The van der Waals surface area contributed by atoms with E-state index in [1.807, 2.05) is 0 Å². The lowest BCUT2D eigenvalue weighted by Crippen LogP contribution is -2.58. The number of benzene rings is 4. The van der Waals surface area contributed by atoms with Gasteiger partial charge in [-0.3, -0.25) is 34.2 Å². The molecule has 2 amide bonds. The lowest BCUT2D eigenvalue weighted by Gasteiger charge is -2.55. The zero-order valence-electron chi connectivity index (χ0n) is 28.1. The number of nitrogens with zero attached hydrogens (tertiary/aromatic N) is 2. The summed E-state index contributed by atoms with van der Waals surface area (Å²) < 4.78 is 45.0. The largest absolute Gasteiger partial charge is 0.573 e. The molecular formula is C41H29F3N2O8. The fraction of sp³-hybridized carbons (Fsp3) is 0.220. The molecule has 3 aliphatic carbocycles. The quantitative estimate of drug-likeness (QED) is 0.0946. The molecule has 1 saturated carbocycles. The van der Waals surface area contributed by atoms with Crippen LogP contribution >= 0.6 is 0 Å². The first-order valence-electron chi connectivity index (χ1n) is 17.1. The van der Waals surface area contributed by atoms with Crippen LogP contribution in [-0.4, -0.2) is 39.8 Å². The Morgan fingerprint density at radius 1 is 0.852 bits per heavy atom. The standard InChI is InChI=1S/C41H29F3N2O8/c42-41(43,44)54-26-15-18-33(47)31(19-26)36-27-16-17-28-35(39(51)45(38(28)50)24-11-13-25(14-12-24)46(52)53)30(27)20-32-37(49)29(22-7-3-1-4-8-22)21-34(48)40(32,36)23-9-5-2-6-10-23/h1-16,18-19,21,28,30,32,35-36,47H,17,20H2. The predicted molar refractivity (Wildman–Crippen MR) is 187 cm³/mol. The minimum Gasteiger partial charge on any atom is -0.508 e. The highest BCUT2D eigenvalue weighted by Gasteiger charge is 2.66. The highest BCUT2D eigenvalue weighted by atomic mass is 19.4. The molecule has 1 aliphatic heterocycles. The maximum Gasteiger partial charge on any atom is 0.573 e. The number of aromatic hydroxyl groups is 1. The number of hydrogen-bond acceptors (Lipinski definition) is 8. The monoisotopic (exact) mass is 734 g/mol. The van der Waals surface area contributed by atoms with E-state index in [4.69, 9.17) is 0 Å². The summed E-state index contributed by atoms with van der Waals surface area (Å²) in [7, 11) is 0. The Morgan fingerprint density at radius 3 is 2.17 bits per heavy atom. The number of Topliss-reactive ketones (excluding diaryl/α,β-unsaturated/α-hetero) is 1. The van der Waals surface area contributed by atoms with Crippen molar-refractivity contribution in [1.29, 1.82) is 0 Å². The van der Waals surface area contributed by atoms with E-state index in [1.165, 1.54) is 30.3 Å². The van der Waals surface area contributed by atoms with Crippen molar-refractivity contribution < 1.29 is 47.1 Å². The Labute approximate surface area is 305 Å². The third-order valence-corrected chi connectivity index (χ3v) is 11.2. The van der Waals surface area contributed by atoms with E-state index in [0.29, 0.717) is 16.7 Å². The fourth-order valence-corrected chi connectivity index (χ4v) is 9.16. The van der Waals surface area contributed by atoms with Crippen molar-refractivity contribution >= 4 is 40.3 Å². The van der Waals surface area contributed by atoms with Crippen LogP contribution in [0.5, 0.6) is 11.5 Å². The average Bonchev–Trinajstić information content (AvgIpc) is 3.42. The fourth-order valence-electron chi connectivity index (χ4n) is 9.16. The van der Waals surface area contributed by atoms with Crippen molar-refractivity contribution in [2.24, 2.45) is 23.7 Å². The van der Waals surface area contributed by atoms with Crippen LogP contribution in [0.2, 0.25) is 0 Å². The second kappa shape index (κ2) is 12.6. The van der Waals surface area contributed by atoms with Gasteiger partial charge in [-0.05, 0) is 66.3 Å². The summed E-state index contributed by atoms with van der Waals surface area (Å²) in [5.74, 6) is -8.61. The number of carbonyl (C=O) groups excluding carboxylic acids is 4. The number of fused-ring (bicyclic) bond motifs is 4. The van der Waals surface area contributed by atoms with Gasteiger partial charge in [0.25, 0.3) is 5.69 Å². The summed E-state index contributed by atoms with van der Waals surface area (Å²) in [5.41, 5.74) is -0.666. The number of carbonyl (C=O) groups is 4. The lowest BCUT2D eigenvalue weighted by molar-refractivity contribution is -0.384. The number of amides is 2. The van der Waals surface area contributed by atoms with Gasteiger partial charge in [-0.2, -0.15) is 0 Å². The van der Waals surface area contributed by atoms with Crippen molar-refractivity contribution in [1.82, 2.24) is 0 Å². The van der Waals surface area contributed by atoms with Crippen LogP contribution in [0.1, 0.15) is 35.4 Å². The molecule has 1 heterocycles. The van der Waals surface area contributed by atoms with Gasteiger partial charge in [-0.1, -0.05) is 72.3 Å². The second-order valence-electron chi connectivity index (χ2n) is 13.8. The van der Waals surface area contributed by atoms with Gasteiger partial charge < -0.3 is 9.84 Å². The number of non-ortho nitro benzene ring substituents is 1. The zero-order chi connectivity index (χ0) is 38.1. The van der Waals surface area contributed by atoms with Crippen LogP contribution in [-0.2, 0) is 24.6 Å². The molecule has 54 heavy (non-hydrogen) atoms. The molecule has 0 aromatic heterocycles. The number of ketones is 2. The Hall–Kier alpha value is -6.37. The molecule has 13 heteroatoms. The second-order valence-corrected chi connectivity index (χ2v) is 13.8. The number of phenols is 1. The average molecular weight is 735 g/mol. The van der Waals surface area contributed by atoms with Crippen LogP contribution < -0.4 is 9.64 Å². The molecule has 2 fully saturated rings. The minimum atomic E-state index is -5.10. The van der Waals surface area contributed by atoms with E-state index in [1.54, 1.807) is 66.7 Å². The van der Waals surface area contributed by atoms with Gasteiger partial charge in [0.15, 0.2) is 11.6 Å². The van der Waals surface area contributed by atoms with E-state index >= 15 is 4.79 Å². The van der Waals surface area contributed by atoms with Gasteiger partial charge in [0.2, 0.25) is 11.8 Å². The van der Waals surface area contributed by atoms with Crippen LogP contribution in [0.25, 0.3) is 5.57 Å². The Morgan fingerprint density at radius 2 is 1.52 bits per heavy atom. The van der Waals surface area contributed by atoms with E-state index in [2.05, 4.69) is 4.74 Å². The molecule has 272 valence electrons. The summed E-state index contributed by atoms with van der Waals surface area (Å²) in [6.45, 7) is 0. The number of halogens is 3. The molecule has 0 spiro atoms. The smallest absolute Gasteiger partial charge is 0.508 e. The first-order valence-corrected chi connectivity index (χ1v) is 17.1. The predicted octanol–water partition coefficient (Wildman–Crippen LogP) is 7.23. The molecule has 4 aromatic carbocycles. The van der Waals surface area contributed by atoms with Gasteiger partial charge in [0.1, 0.15) is 11.5 Å². The lowest BCUT2D eigenvalue weighted by atomic mass is 9.44. The van der Waals surface area contributed by atoms with Crippen LogP contribution in [0.4, 0.5) is 24.5 Å². The van der Waals surface area contributed by atoms with Crippen molar-refractivity contribution in [2.75, 3.05) is 4.90 Å². The molecule has 4 aromatic rings. The van der Waals surface area contributed by atoms with Gasteiger partial charge in [-0.15, -0.1) is 13.2 Å². The van der Waals surface area contributed by atoms with Gasteiger partial charge in [0.05, 0.1) is 27.9 Å². The van der Waals surface area contributed by atoms with Crippen LogP contribution in [0, 0.1) is 33.8 Å². The van der Waals surface area contributed by atoms with E-state index in [0.717, 1.165) is 23.1 Å². The first-order chi connectivity index (χ1) is 25.8. The molecule has 10 nitrogen and oxygen atoms in total. The number of phenolic OH excluding ortho intramolecular Hbond substituents is 1. The maximum absolute atomic E-state index is 15.1. The highest BCUT2D eigenvalue weighted by molar-refractivity contribution is 6.32. The number of nitro groups is 1. The topological polar surface area (TPSA) is 144 Å². The molecule has 6 unspecified atom stereocenters. The van der Waals surface area contributed by atoms with E-state index < -0.39 is 81.2 Å². The van der Waals surface area contributed by atoms with Gasteiger partial charge in [0, 0.05) is 35.1 Å². The van der Waals surface area contributed by atoms with Crippen molar-refractivity contribution in [3.8, 4) is 11.5 Å². The van der Waals surface area contributed by atoms with Gasteiger partial charge >= 0.3 is 6.36 Å². The molecule has 1 N–H and O–H groups in total. The van der Waals surface area contributed by atoms with Crippen LogP contribution in [0.3, 0.4) is 0 Å². The van der Waals surface area contributed by atoms with Crippen molar-refractivity contribution in [2.45, 2.75) is 30.5 Å². The summed E-state index contributed by atoms with van der Waals surface area (Å²) in [5, 5.41) is 22.8. The molecule has 8 rings (SSSR count). The molecule has 0 bridgehead atoms. The number of alkyl halides is 3. The van der Waals surface area contributed by atoms with E-state index in [-0.39, 0.29) is 35.4 Å². The first kappa shape index (κ1) is 34.7. The number of ether oxygens (including phenoxy) is 1. The molecule has 0 radical (unpaired) electrons. The number of allylic oxidation sites excluding steroid dienone is 4. The zero-order valence-corrected chi connectivity index (χ0v) is 28.1. The Balaban J connectivity index is 1.35. The minimum absolute atomic E-state index is 0.00331. The Bertz CT molecular complexity index is 2310. The summed E-state index contributed by atoms with van der Waals surface area (Å²) in [6, 6.07) is 24.8. The number of rotatable bonds is 6. The highest BCUT2D eigenvalue weighted by Crippen LogP contribution is 2.64. The normalized spacial score (nSPS) is 26.4. The Kier molecular flexibility index (Phi) is 8.12.